The van der Waals surface area contributed by atoms with Gasteiger partial charge < -0.3 is 9.67 Å². The van der Waals surface area contributed by atoms with E-state index in [1.165, 1.54) is 10.9 Å². The molecule has 0 aromatic carbocycles. The molecule has 0 aliphatic heterocycles. The maximum atomic E-state index is 12.5. The number of aromatic nitrogens is 2. The van der Waals surface area contributed by atoms with E-state index in [2.05, 4.69) is 4.98 Å². The first-order chi connectivity index (χ1) is 5.70. The molecule has 0 radical (unpaired) electrons. The van der Waals surface area contributed by atoms with Gasteiger partial charge in [-0.05, 0) is 6.92 Å². The van der Waals surface area contributed by atoms with Gasteiger partial charge in [0.05, 0.1) is 25.2 Å². The average molecular weight is 174 g/mol. The van der Waals surface area contributed by atoms with Gasteiger partial charge in [0, 0.05) is 0 Å². The molecule has 1 heterocycles. The van der Waals surface area contributed by atoms with Crippen LogP contribution in [0.1, 0.15) is 20.8 Å². The lowest BCUT2D eigenvalue weighted by Gasteiger charge is -2.03. The molecule has 1 aromatic rings. The van der Waals surface area contributed by atoms with Crippen LogP contribution >= 0.6 is 0 Å². The molecule has 12 heavy (non-hydrogen) atoms. The number of aliphatic hydroxyl groups excluding tert-OH is 1. The largest absolute Gasteiger partial charge is 0.392 e. The van der Waals surface area contributed by atoms with Crippen LogP contribution in [0, 0.1) is 5.95 Å². The van der Waals surface area contributed by atoms with Crippen LogP contribution < -0.4 is 0 Å². The van der Waals surface area contributed by atoms with Crippen molar-refractivity contribution in [2.45, 2.75) is 33.4 Å². The SMILES string of the molecule is CC.C[C@H](O)Cn1cncc1F. The Morgan fingerprint density at radius 1 is 1.67 bits per heavy atom. The summed E-state index contributed by atoms with van der Waals surface area (Å²) in [6, 6.07) is 0. The summed E-state index contributed by atoms with van der Waals surface area (Å²) < 4.78 is 13.8. The van der Waals surface area contributed by atoms with E-state index < -0.39 is 12.1 Å². The summed E-state index contributed by atoms with van der Waals surface area (Å²) in [5.41, 5.74) is 0. The molecule has 0 saturated carbocycles. The summed E-state index contributed by atoms with van der Waals surface area (Å²) in [5.74, 6) is -0.416. The molecule has 4 heteroatoms. The van der Waals surface area contributed by atoms with E-state index in [-0.39, 0.29) is 6.54 Å². The van der Waals surface area contributed by atoms with Gasteiger partial charge in [-0.15, -0.1) is 0 Å². The quantitative estimate of drug-likeness (QED) is 0.736. The van der Waals surface area contributed by atoms with Gasteiger partial charge in [0.25, 0.3) is 0 Å². The van der Waals surface area contributed by atoms with Gasteiger partial charge in [0.2, 0.25) is 5.95 Å². The third-order valence-electron chi connectivity index (χ3n) is 1.12. The maximum Gasteiger partial charge on any atom is 0.213 e. The van der Waals surface area contributed by atoms with Crippen LogP contribution in [0.25, 0.3) is 0 Å². The number of imidazole rings is 1. The summed E-state index contributed by atoms with van der Waals surface area (Å²) in [4.78, 5) is 3.55. The zero-order valence-electron chi connectivity index (χ0n) is 7.66. The molecule has 0 unspecified atom stereocenters. The summed E-state index contributed by atoms with van der Waals surface area (Å²) in [6.45, 7) is 5.85. The molecule has 0 fully saturated rings. The van der Waals surface area contributed by atoms with Crippen LogP contribution in [0.2, 0.25) is 0 Å². The van der Waals surface area contributed by atoms with Crippen LogP contribution in [-0.2, 0) is 6.54 Å². The number of hydrogen-bond acceptors (Lipinski definition) is 2. The first-order valence-corrected chi connectivity index (χ1v) is 4.04. The molecule has 0 spiro atoms. The maximum absolute atomic E-state index is 12.5. The predicted molar refractivity (Wildman–Crippen MR) is 45.2 cm³/mol. The van der Waals surface area contributed by atoms with E-state index >= 15 is 0 Å². The van der Waals surface area contributed by atoms with E-state index in [0.29, 0.717) is 0 Å². The lowest BCUT2D eigenvalue weighted by atomic mass is 10.4. The summed E-state index contributed by atoms with van der Waals surface area (Å²) in [5, 5.41) is 8.83. The molecule has 0 aliphatic rings. The Morgan fingerprint density at radius 2 is 2.25 bits per heavy atom. The molecule has 70 valence electrons. The zero-order chi connectivity index (χ0) is 9.56. The van der Waals surface area contributed by atoms with Gasteiger partial charge in [0.1, 0.15) is 0 Å². The van der Waals surface area contributed by atoms with Crippen molar-refractivity contribution in [1.29, 1.82) is 0 Å². The van der Waals surface area contributed by atoms with Crippen LogP contribution in [0.15, 0.2) is 12.5 Å². The highest BCUT2D eigenvalue weighted by atomic mass is 19.1. The molecule has 0 bridgehead atoms. The van der Waals surface area contributed by atoms with Crippen molar-refractivity contribution in [3.8, 4) is 0 Å². The standard InChI is InChI=1S/C6H9FN2O.C2H6/c1-5(10)3-9-4-8-2-6(9)7;1-2/h2,4-5,10H,3H2,1H3;1-2H3/t5-;/m0./s1. The normalized spacial score (nSPS) is 11.8. The second-order valence-corrected chi connectivity index (χ2v) is 2.22. The fourth-order valence-electron chi connectivity index (χ4n) is 0.724. The molecule has 1 N–H and O–H groups in total. The highest BCUT2D eigenvalue weighted by Gasteiger charge is 2.01. The van der Waals surface area contributed by atoms with Crippen molar-refractivity contribution in [2.75, 3.05) is 0 Å². The first kappa shape index (κ1) is 11.1. The molecule has 1 atom stereocenters. The van der Waals surface area contributed by atoms with E-state index in [1.807, 2.05) is 13.8 Å². The van der Waals surface area contributed by atoms with Crippen molar-refractivity contribution in [3.63, 3.8) is 0 Å². The second kappa shape index (κ2) is 5.71. The molecular weight excluding hydrogens is 159 g/mol. The van der Waals surface area contributed by atoms with Crippen LogP contribution in [-0.4, -0.2) is 20.8 Å². The monoisotopic (exact) mass is 174 g/mol. The van der Waals surface area contributed by atoms with E-state index in [9.17, 15) is 4.39 Å². The summed E-state index contributed by atoms with van der Waals surface area (Å²) in [6.07, 6.45) is 1.92. The van der Waals surface area contributed by atoms with Crippen molar-refractivity contribution in [3.05, 3.63) is 18.5 Å². The van der Waals surface area contributed by atoms with Crippen molar-refractivity contribution < 1.29 is 9.50 Å². The molecule has 0 amide bonds. The van der Waals surface area contributed by atoms with Crippen molar-refractivity contribution in [2.24, 2.45) is 0 Å². The Hall–Kier alpha value is -0.900. The van der Waals surface area contributed by atoms with Gasteiger partial charge in [-0.25, -0.2) is 4.98 Å². The van der Waals surface area contributed by atoms with E-state index in [4.69, 9.17) is 5.11 Å². The number of aliphatic hydroxyl groups is 1. The molecule has 0 saturated heterocycles. The average Bonchev–Trinajstić information content (AvgIpc) is 2.40. The Balaban J connectivity index is 0.000000561. The predicted octanol–water partition coefficient (Wildman–Crippen LogP) is 1.43. The highest BCUT2D eigenvalue weighted by Crippen LogP contribution is 1.97. The fourth-order valence-corrected chi connectivity index (χ4v) is 0.724. The summed E-state index contributed by atoms with van der Waals surface area (Å²) in [7, 11) is 0. The van der Waals surface area contributed by atoms with Gasteiger partial charge >= 0.3 is 0 Å². The minimum atomic E-state index is -0.538. The van der Waals surface area contributed by atoms with E-state index in [1.54, 1.807) is 6.92 Å². The second-order valence-electron chi connectivity index (χ2n) is 2.22. The number of halogens is 1. The minimum Gasteiger partial charge on any atom is -0.392 e. The molecule has 0 aliphatic carbocycles. The van der Waals surface area contributed by atoms with Crippen LogP contribution in [0.4, 0.5) is 4.39 Å². The lowest BCUT2D eigenvalue weighted by molar-refractivity contribution is 0.168. The zero-order valence-corrected chi connectivity index (χ0v) is 7.66. The highest BCUT2D eigenvalue weighted by molar-refractivity contribution is 4.79. The number of hydrogen-bond donors (Lipinski definition) is 1. The van der Waals surface area contributed by atoms with Crippen molar-refractivity contribution in [1.82, 2.24) is 9.55 Å². The Kier molecular flexibility index (Phi) is 5.28. The third-order valence-corrected chi connectivity index (χ3v) is 1.12. The molecule has 1 aromatic heterocycles. The number of nitrogens with zero attached hydrogens (tertiary/aromatic N) is 2. The smallest absolute Gasteiger partial charge is 0.213 e. The fraction of sp³-hybridized carbons (Fsp3) is 0.625. The molecular formula is C8H15FN2O. The van der Waals surface area contributed by atoms with Gasteiger partial charge in [0.15, 0.2) is 0 Å². The van der Waals surface area contributed by atoms with Crippen LogP contribution in [0.3, 0.4) is 0 Å². The van der Waals surface area contributed by atoms with Crippen LogP contribution in [0.5, 0.6) is 0 Å². The molecule has 3 nitrogen and oxygen atoms in total. The topological polar surface area (TPSA) is 38.0 Å². The van der Waals surface area contributed by atoms with Gasteiger partial charge in [-0.2, -0.15) is 4.39 Å². The van der Waals surface area contributed by atoms with Gasteiger partial charge in [-0.1, -0.05) is 13.8 Å². The first-order valence-electron chi connectivity index (χ1n) is 4.04. The molecule has 1 rings (SSSR count). The van der Waals surface area contributed by atoms with Gasteiger partial charge in [-0.3, -0.25) is 0 Å². The third kappa shape index (κ3) is 3.48. The summed E-state index contributed by atoms with van der Waals surface area (Å²) >= 11 is 0. The Bertz CT molecular complexity index is 211. The lowest BCUT2D eigenvalue weighted by Crippen LogP contribution is -2.12. The minimum absolute atomic E-state index is 0.256. The number of rotatable bonds is 2. The Labute approximate surface area is 71.9 Å². The van der Waals surface area contributed by atoms with Crippen molar-refractivity contribution >= 4 is 0 Å². The van der Waals surface area contributed by atoms with E-state index in [0.717, 1.165) is 6.20 Å². The Morgan fingerprint density at radius 3 is 2.58 bits per heavy atom.